The van der Waals surface area contributed by atoms with Crippen LogP contribution in [0, 0.1) is 0 Å². The maximum Gasteiger partial charge on any atom is 1.00 e. The van der Waals surface area contributed by atoms with E-state index >= 15 is 0 Å². The molecule has 0 aromatic heterocycles. The predicted octanol–water partition coefficient (Wildman–Crippen LogP) is -12.9. The maximum atomic E-state index is 8.88. The van der Waals surface area contributed by atoms with Gasteiger partial charge < -0.3 is 14.7 Å². The van der Waals surface area contributed by atoms with E-state index in [1.165, 1.54) is 0 Å². The van der Waals surface area contributed by atoms with Crippen molar-refractivity contribution < 1.29 is 127 Å². The quantitative estimate of drug-likeness (QED) is 0.251. The molecule has 3 N–H and O–H groups in total. The van der Waals surface area contributed by atoms with Gasteiger partial charge in [0.2, 0.25) is 0 Å². The fourth-order valence-corrected chi connectivity index (χ4v) is 0. The van der Waals surface area contributed by atoms with Crippen LogP contribution in [-0.2, 0) is 4.57 Å². The molecule has 4 nitrogen and oxygen atoms in total. The molecule has 0 atom stereocenters. The zero-order valence-corrected chi connectivity index (χ0v) is 13.1. The first-order valence-electron chi connectivity index (χ1n) is 0.783. The minimum atomic E-state index is -4.64. The Morgan fingerprint density at radius 1 is 0.889 bits per heavy atom. The van der Waals surface area contributed by atoms with Crippen molar-refractivity contribution in [2.75, 3.05) is 0 Å². The van der Waals surface area contributed by atoms with Crippen LogP contribution in [0.4, 0.5) is 0 Å². The van der Waals surface area contributed by atoms with Gasteiger partial charge in [0.05, 0.1) is 0 Å². The molecule has 0 heterocycles. The van der Waals surface area contributed by atoms with Gasteiger partial charge in [0.25, 0.3) is 0 Å². The van der Waals surface area contributed by atoms with Crippen LogP contribution >= 0.6 is 7.82 Å². The van der Waals surface area contributed by atoms with Crippen molar-refractivity contribution in [3.05, 3.63) is 0 Å². The summed E-state index contributed by atoms with van der Waals surface area (Å²) in [5.41, 5.74) is 0. The van der Waals surface area contributed by atoms with E-state index in [0.717, 1.165) is 0 Å². The van der Waals surface area contributed by atoms with Gasteiger partial charge in [-0.2, -0.15) is 0 Å². The molecule has 32 valence electrons. The van der Waals surface area contributed by atoms with Crippen molar-refractivity contribution >= 4 is 7.82 Å². The summed E-state index contributed by atoms with van der Waals surface area (Å²) in [6.45, 7) is 0. The molecule has 0 amide bonds. The normalized spacial score (nSPS) is 6.56. The Labute approximate surface area is 132 Å². The van der Waals surface area contributed by atoms with Crippen LogP contribution in [0.15, 0.2) is 0 Å². The molecule has 0 saturated carbocycles. The van der Waals surface area contributed by atoms with Gasteiger partial charge >= 0.3 is 115 Å². The van der Waals surface area contributed by atoms with Crippen LogP contribution in [0.3, 0.4) is 0 Å². The summed E-state index contributed by atoms with van der Waals surface area (Å²) in [5, 5.41) is 0. The Kier molecular flexibility index (Phi) is 46.4. The molecular weight excluding hydrogens is 171 g/mol. The van der Waals surface area contributed by atoms with E-state index in [9.17, 15) is 0 Å². The fraction of sp³-hybridized carbons (Fsp3) is 0. The summed E-state index contributed by atoms with van der Waals surface area (Å²) in [5.74, 6) is 0. The van der Waals surface area contributed by atoms with E-state index in [1.54, 1.807) is 0 Å². The van der Waals surface area contributed by atoms with E-state index < -0.39 is 7.82 Å². The van der Waals surface area contributed by atoms with Crippen LogP contribution in [-0.4, -0.2) is 14.7 Å². The zero-order valence-electron chi connectivity index (χ0n) is 6.20. The van der Waals surface area contributed by atoms with E-state index in [1.807, 2.05) is 0 Å². The van der Waals surface area contributed by atoms with Crippen LogP contribution < -0.4 is 108 Å². The van der Waals surface area contributed by atoms with Crippen molar-refractivity contribution in [1.29, 1.82) is 0 Å². The van der Waals surface area contributed by atoms with Crippen LogP contribution in [0.2, 0.25) is 0 Å². The van der Waals surface area contributed by atoms with E-state index in [2.05, 4.69) is 0 Å². The van der Waals surface area contributed by atoms with Gasteiger partial charge in [0, 0.05) is 0 Å². The molecule has 9 heavy (non-hydrogen) atoms. The smallest absolute Gasteiger partial charge is 0.303 e. The van der Waals surface area contributed by atoms with E-state index in [4.69, 9.17) is 19.2 Å². The molecule has 0 fully saturated rings. The second-order valence-electron chi connectivity index (χ2n) is 0.513. The molecule has 0 aromatic carbocycles. The third-order valence-corrected chi connectivity index (χ3v) is 0. The maximum absolute atomic E-state index is 8.88. The predicted molar refractivity (Wildman–Crippen MR) is 14.3 cm³/mol. The van der Waals surface area contributed by atoms with Crippen LogP contribution in [0.5, 0.6) is 0 Å². The van der Waals surface area contributed by atoms with Gasteiger partial charge in [-0.3, -0.25) is 0 Å². The Balaban J connectivity index is -0.0000000133. The standard InChI is InChI=1S/Li.3Na.H3O4P/c;;;;1-5(2,3)4/h;;;;(H3,1,2,3,4)/q4*+1;. The summed E-state index contributed by atoms with van der Waals surface area (Å²) in [6, 6.07) is 0. The van der Waals surface area contributed by atoms with Crippen molar-refractivity contribution in [3.63, 3.8) is 0 Å². The average molecular weight is 174 g/mol. The van der Waals surface area contributed by atoms with Crippen molar-refractivity contribution in [2.24, 2.45) is 0 Å². The number of rotatable bonds is 0. The molecule has 0 unspecified atom stereocenters. The molecular formula is H3LiNa3O4P+4. The third-order valence-electron chi connectivity index (χ3n) is 0. The Bertz CT molecular complexity index is 61.9. The van der Waals surface area contributed by atoms with Gasteiger partial charge in [-0.15, -0.1) is 0 Å². The molecule has 0 aliphatic rings. The summed E-state index contributed by atoms with van der Waals surface area (Å²) < 4.78 is 8.88. The zero-order chi connectivity index (χ0) is 4.50. The first-order valence-corrected chi connectivity index (χ1v) is 2.35. The first kappa shape index (κ1) is 29.3. The second-order valence-corrected chi connectivity index (χ2v) is 1.54. The average Bonchev–Trinajstić information content (AvgIpc) is 0.722. The number of hydrogen-bond acceptors (Lipinski definition) is 1. The molecule has 9 heteroatoms. The van der Waals surface area contributed by atoms with E-state index in [-0.39, 0.29) is 108 Å². The van der Waals surface area contributed by atoms with E-state index in [0.29, 0.717) is 0 Å². The van der Waals surface area contributed by atoms with Gasteiger partial charge in [0.15, 0.2) is 0 Å². The SMILES string of the molecule is O=P(O)(O)O.[Li+].[Na+].[Na+].[Na+]. The van der Waals surface area contributed by atoms with Crippen molar-refractivity contribution in [1.82, 2.24) is 0 Å². The molecule has 0 aliphatic heterocycles. The molecule has 0 bridgehead atoms. The van der Waals surface area contributed by atoms with Gasteiger partial charge in [-0.1, -0.05) is 0 Å². The molecule has 0 radical (unpaired) electrons. The molecule has 0 rings (SSSR count). The third kappa shape index (κ3) is 80.3. The Hall–Kier alpha value is 3.71. The fourth-order valence-electron chi connectivity index (χ4n) is 0. The van der Waals surface area contributed by atoms with Gasteiger partial charge in [-0.05, 0) is 0 Å². The first-order chi connectivity index (χ1) is 2.00. The summed E-state index contributed by atoms with van der Waals surface area (Å²) >= 11 is 0. The number of hydrogen-bond donors (Lipinski definition) is 3. The minimum absolute atomic E-state index is 0. The Morgan fingerprint density at radius 2 is 0.889 bits per heavy atom. The number of phosphoric acid groups is 1. The molecule has 0 saturated heterocycles. The van der Waals surface area contributed by atoms with Crippen LogP contribution in [0.25, 0.3) is 0 Å². The minimum Gasteiger partial charge on any atom is -0.303 e. The summed E-state index contributed by atoms with van der Waals surface area (Å²) in [7, 11) is -4.64. The van der Waals surface area contributed by atoms with Gasteiger partial charge in [0.1, 0.15) is 0 Å². The largest absolute Gasteiger partial charge is 1.00 e. The van der Waals surface area contributed by atoms with Crippen LogP contribution in [0.1, 0.15) is 0 Å². The van der Waals surface area contributed by atoms with Crippen molar-refractivity contribution in [2.45, 2.75) is 0 Å². The Morgan fingerprint density at radius 3 is 0.889 bits per heavy atom. The summed E-state index contributed by atoms with van der Waals surface area (Å²) in [4.78, 5) is 21.6. The van der Waals surface area contributed by atoms with Crippen molar-refractivity contribution in [3.8, 4) is 0 Å². The molecule has 0 aromatic rings. The molecule has 0 spiro atoms. The van der Waals surface area contributed by atoms with Gasteiger partial charge in [-0.25, -0.2) is 4.57 Å². The second kappa shape index (κ2) is 14.2. The summed E-state index contributed by atoms with van der Waals surface area (Å²) in [6.07, 6.45) is 0. The molecule has 0 aliphatic carbocycles. The topological polar surface area (TPSA) is 77.8 Å². The monoisotopic (exact) mass is 174 g/mol.